The lowest BCUT2D eigenvalue weighted by molar-refractivity contribution is -0.140. The molecule has 9 heteroatoms. The zero-order chi connectivity index (χ0) is 26.3. The van der Waals surface area contributed by atoms with Crippen molar-refractivity contribution in [1.82, 2.24) is 10.2 Å². The molecule has 1 aliphatic rings. The van der Waals surface area contributed by atoms with Crippen molar-refractivity contribution < 1.29 is 22.8 Å². The summed E-state index contributed by atoms with van der Waals surface area (Å²) >= 11 is 0. The molecule has 1 N–H and O–H groups in total. The number of hydrogen-bond donors (Lipinski definition) is 1. The predicted molar refractivity (Wildman–Crippen MR) is 140 cm³/mol. The Bertz CT molecular complexity index is 1180. The fourth-order valence-corrected chi connectivity index (χ4v) is 5.40. The van der Waals surface area contributed by atoms with Gasteiger partial charge in [-0.3, -0.25) is 18.7 Å². The quantitative estimate of drug-likeness (QED) is 0.463. The molecule has 2 aromatic rings. The van der Waals surface area contributed by atoms with Crippen molar-refractivity contribution in [2.75, 3.05) is 17.1 Å². The molecule has 0 spiro atoms. The molecule has 8 nitrogen and oxygen atoms in total. The van der Waals surface area contributed by atoms with Crippen LogP contribution in [0, 0.1) is 0 Å². The Hall–Kier alpha value is -3.20. The summed E-state index contributed by atoms with van der Waals surface area (Å²) in [5.74, 6) is -0.930. The Balaban J connectivity index is 1.92. The molecule has 1 aliphatic carbocycles. The molecule has 0 aromatic heterocycles. The summed E-state index contributed by atoms with van der Waals surface area (Å²) in [6.07, 6.45) is 5.38. The van der Waals surface area contributed by atoms with E-state index in [9.17, 15) is 22.8 Å². The molecule has 1 saturated carbocycles. The molecule has 0 heterocycles. The van der Waals surface area contributed by atoms with Crippen LogP contribution in [-0.4, -0.2) is 55.8 Å². The largest absolute Gasteiger partial charge is 0.352 e. The summed E-state index contributed by atoms with van der Waals surface area (Å²) in [7, 11) is -3.86. The van der Waals surface area contributed by atoms with Gasteiger partial charge in [-0.1, -0.05) is 62.2 Å². The maximum absolute atomic E-state index is 13.7. The first kappa shape index (κ1) is 27.4. The van der Waals surface area contributed by atoms with Crippen LogP contribution in [0.25, 0.3) is 0 Å². The molecule has 2 aromatic carbocycles. The molecule has 0 saturated heterocycles. The monoisotopic (exact) mass is 513 g/mol. The predicted octanol–water partition coefficient (Wildman–Crippen LogP) is 3.52. The molecule has 36 heavy (non-hydrogen) atoms. The maximum atomic E-state index is 13.7. The Morgan fingerprint density at radius 3 is 2.28 bits per heavy atom. The minimum absolute atomic E-state index is 0.0991. The van der Waals surface area contributed by atoms with Crippen molar-refractivity contribution >= 4 is 33.3 Å². The number of anilines is 1. The lowest BCUT2D eigenvalue weighted by Crippen LogP contribution is -2.53. The second-order valence-corrected chi connectivity index (χ2v) is 11.2. The van der Waals surface area contributed by atoms with E-state index in [1.54, 1.807) is 18.2 Å². The van der Waals surface area contributed by atoms with Gasteiger partial charge in [0.15, 0.2) is 5.78 Å². The van der Waals surface area contributed by atoms with E-state index in [1.807, 2.05) is 37.3 Å². The summed E-state index contributed by atoms with van der Waals surface area (Å²) in [6.45, 7) is 2.92. The zero-order valence-corrected chi connectivity index (χ0v) is 22.0. The molecule has 1 fully saturated rings. The Morgan fingerprint density at radius 1 is 1.03 bits per heavy atom. The van der Waals surface area contributed by atoms with Gasteiger partial charge in [-0.25, -0.2) is 8.42 Å². The maximum Gasteiger partial charge on any atom is 0.244 e. The fraction of sp³-hybridized carbons (Fsp3) is 0.444. The standard InChI is InChI=1S/C27H35N3O5S/c1-4-25(27(33)28-23-14-8-9-15-23)29(18-21-11-6-5-7-12-21)26(32)19-30(36(3,34)35)24-16-10-13-22(17-24)20(2)31/h5-7,10-13,16-17,23,25H,4,8-9,14-15,18-19H2,1-3H3,(H,28,33)/t25-/m0/s1. The van der Waals surface area contributed by atoms with Crippen molar-refractivity contribution in [2.45, 2.75) is 64.6 Å². The number of carbonyl (C=O) groups is 3. The minimum atomic E-state index is -3.86. The molecule has 0 aliphatic heterocycles. The number of rotatable bonds is 11. The van der Waals surface area contributed by atoms with Crippen molar-refractivity contribution in [3.63, 3.8) is 0 Å². The molecule has 0 bridgehead atoms. The van der Waals surface area contributed by atoms with E-state index in [0.29, 0.717) is 12.0 Å². The first-order valence-electron chi connectivity index (χ1n) is 12.3. The summed E-state index contributed by atoms with van der Waals surface area (Å²) in [4.78, 5) is 40.3. The van der Waals surface area contributed by atoms with E-state index in [4.69, 9.17) is 0 Å². The second-order valence-electron chi connectivity index (χ2n) is 9.30. The molecule has 1 atom stereocenters. The first-order chi connectivity index (χ1) is 17.1. The summed E-state index contributed by atoms with van der Waals surface area (Å²) in [6, 6.07) is 14.9. The van der Waals surface area contributed by atoms with E-state index >= 15 is 0 Å². The van der Waals surface area contributed by atoms with Gasteiger partial charge in [0.25, 0.3) is 0 Å². The van der Waals surface area contributed by atoms with Gasteiger partial charge in [0.2, 0.25) is 21.8 Å². The van der Waals surface area contributed by atoms with Gasteiger partial charge in [0.1, 0.15) is 12.6 Å². The van der Waals surface area contributed by atoms with Crippen molar-refractivity contribution in [3.05, 3.63) is 65.7 Å². The summed E-state index contributed by atoms with van der Waals surface area (Å²) in [5, 5.41) is 3.08. The Labute approximate surface area is 213 Å². The van der Waals surface area contributed by atoms with Crippen LogP contribution in [-0.2, 0) is 26.2 Å². The number of amides is 2. The van der Waals surface area contributed by atoms with Crippen LogP contribution < -0.4 is 9.62 Å². The van der Waals surface area contributed by atoms with Gasteiger partial charge in [0, 0.05) is 18.2 Å². The van der Waals surface area contributed by atoms with Crippen LogP contribution in [0.2, 0.25) is 0 Å². The highest BCUT2D eigenvalue weighted by Crippen LogP contribution is 2.22. The average Bonchev–Trinajstić information content (AvgIpc) is 3.35. The van der Waals surface area contributed by atoms with Crippen LogP contribution in [0.5, 0.6) is 0 Å². The van der Waals surface area contributed by atoms with Crippen molar-refractivity contribution in [3.8, 4) is 0 Å². The van der Waals surface area contributed by atoms with Crippen LogP contribution in [0.15, 0.2) is 54.6 Å². The highest BCUT2D eigenvalue weighted by Gasteiger charge is 2.33. The van der Waals surface area contributed by atoms with Crippen LogP contribution in [0.4, 0.5) is 5.69 Å². The van der Waals surface area contributed by atoms with Gasteiger partial charge in [-0.2, -0.15) is 0 Å². The van der Waals surface area contributed by atoms with Gasteiger partial charge < -0.3 is 10.2 Å². The molecule has 194 valence electrons. The molecule has 3 rings (SSSR count). The average molecular weight is 514 g/mol. The van der Waals surface area contributed by atoms with Crippen LogP contribution >= 0.6 is 0 Å². The van der Waals surface area contributed by atoms with Crippen molar-refractivity contribution in [2.24, 2.45) is 0 Å². The number of benzene rings is 2. The second kappa shape index (κ2) is 12.2. The minimum Gasteiger partial charge on any atom is -0.352 e. The number of sulfonamides is 1. The number of nitrogens with one attached hydrogen (secondary N) is 1. The van der Waals surface area contributed by atoms with Crippen LogP contribution in [0.3, 0.4) is 0 Å². The number of hydrogen-bond acceptors (Lipinski definition) is 5. The van der Waals surface area contributed by atoms with Gasteiger partial charge in [0.05, 0.1) is 11.9 Å². The molecule has 0 unspecified atom stereocenters. The normalized spacial score (nSPS) is 14.8. The highest BCUT2D eigenvalue weighted by molar-refractivity contribution is 7.92. The highest BCUT2D eigenvalue weighted by atomic mass is 32.2. The third kappa shape index (κ3) is 7.16. The van der Waals surface area contributed by atoms with E-state index in [-0.39, 0.29) is 30.0 Å². The molecule has 2 amide bonds. The van der Waals surface area contributed by atoms with E-state index < -0.39 is 28.5 Å². The summed E-state index contributed by atoms with van der Waals surface area (Å²) < 4.78 is 26.4. The lowest BCUT2D eigenvalue weighted by atomic mass is 10.1. The summed E-state index contributed by atoms with van der Waals surface area (Å²) in [5.41, 5.74) is 1.40. The third-order valence-electron chi connectivity index (χ3n) is 6.50. The van der Waals surface area contributed by atoms with Crippen molar-refractivity contribution in [1.29, 1.82) is 0 Å². The van der Waals surface area contributed by atoms with Gasteiger partial charge in [-0.05, 0) is 43.9 Å². The molecule has 0 radical (unpaired) electrons. The van der Waals surface area contributed by atoms with Gasteiger partial charge >= 0.3 is 0 Å². The Morgan fingerprint density at radius 2 is 1.69 bits per heavy atom. The zero-order valence-electron chi connectivity index (χ0n) is 21.1. The number of carbonyl (C=O) groups excluding carboxylic acids is 3. The van der Waals surface area contributed by atoms with Gasteiger partial charge in [-0.15, -0.1) is 0 Å². The fourth-order valence-electron chi connectivity index (χ4n) is 4.56. The number of ketones is 1. The van der Waals surface area contributed by atoms with E-state index in [1.165, 1.54) is 17.9 Å². The third-order valence-corrected chi connectivity index (χ3v) is 7.64. The van der Waals surface area contributed by atoms with Crippen LogP contribution in [0.1, 0.15) is 61.9 Å². The lowest BCUT2D eigenvalue weighted by Gasteiger charge is -2.33. The SMILES string of the molecule is CC[C@@H](C(=O)NC1CCCC1)N(Cc1ccccc1)C(=O)CN(c1cccc(C(C)=O)c1)S(C)(=O)=O. The van der Waals surface area contributed by atoms with E-state index in [2.05, 4.69) is 5.32 Å². The molecular weight excluding hydrogens is 478 g/mol. The van der Waals surface area contributed by atoms with E-state index in [0.717, 1.165) is 41.8 Å². The number of nitrogens with zero attached hydrogens (tertiary/aromatic N) is 2. The smallest absolute Gasteiger partial charge is 0.244 e. The Kier molecular flexibility index (Phi) is 9.25. The molecular formula is C27H35N3O5S. The first-order valence-corrected chi connectivity index (χ1v) is 14.2. The number of Topliss-reactive ketones (excluding diaryl/α,β-unsaturated/α-hetero) is 1. The topological polar surface area (TPSA) is 104 Å².